The van der Waals surface area contributed by atoms with Crippen LogP contribution in [-0.2, 0) is 9.53 Å². The Morgan fingerprint density at radius 2 is 1.96 bits per heavy atom. The lowest BCUT2D eigenvalue weighted by Crippen LogP contribution is -2.59. The van der Waals surface area contributed by atoms with Gasteiger partial charge in [0.1, 0.15) is 6.42 Å². The van der Waals surface area contributed by atoms with Gasteiger partial charge in [-0.2, -0.15) is 13.2 Å². The molecule has 0 radical (unpaired) electrons. The lowest BCUT2D eigenvalue weighted by molar-refractivity contribution is -0.159. The third kappa shape index (κ3) is 3.06. The number of hydrogen-bond donors (Lipinski definition) is 1. The lowest BCUT2D eigenvalue weighted by atomic mass is 9.59. The van der Waals surface area contributed by atoms with Crippen LogP contribution in [0.4, 0.5) is 13.2 Å². The Labute approximate surface area is 157 Å². The summed E-state index contributed by atoms with van der Waals surface area (Å²) in [5, 5.41) is 2.80. The quantitative estimate of drug-likeness (QED) is 0.829. The Balaban J connectivity index is 1.63. The van der Waals surface area contributed by atoms with Gasteiger partial charge in [-0.25, -0.2) is 0 Å². The van der Waals surface area contributed by atoms with Crippen LogP contribution in [0, 0.1) is 22.7 Å². The van der Waals surface area contributed by atoms with Gasteiger partial charge < -0.3 is 10.1 Å². The minimum Gasteiger partial charge on any atom is -0.373 e. The van der Waals surface area contributed by atoms with E-state index in [4.69, 9.17) is 4.74 Å². The van der Waals surface area contributed by atoms with Crippen molar-refractivity contribution in [3.63, 3.8) is 0 Å². The van der Waals surface area contributed by atoms with Gasteiger partial charge in [0.25, 0.3) is 0 Å². The summed E-state index contributed by atoms with van der Waals surface area (Å²) in [5.74, 6) is -0.307. The first-order chi connectivity index (χ1) is 12.6. The average Bonchev–Trinajstić information content (AvgIpc) is 3.07. The molecule has 1 aromatic rings. The molecular weight excluding hydrogens is 355 g/mol. The SMILES string of the molecule is CC1(C)[C@@H]2C[C@@H]3[C@@H](c4ccccc4)OCCC3(C2)[C@H]1NC(=O)CC(F)(F)F. The predicted molar refractivity (Wildman–Crippen MR) is 94.8 cm³/mol. The molecule has 3 fully saturated rings. The largest absolute Gasteiger partial charge is 0.397 e. The first-order valence-corrected chi connectivity index (χ1v) is 9.66. The Kier molecular flexibility index (Phi) is 4.33. The Bertz CT molecular complexity index is 718. The summed E-state index contributed by atoms with van der Waals surface area (Å²) in [6.45, 7) is 4.76. The van der Waals surface area contributed by atoms with Crippen LogP contribution in [0.5, 0.6) is 0 Å². The molecule has 3 aliphatic rings. The zero-order chi connectivity index (χ0) is 19.4. The smallest absolute Gasteiger partial charge is 0.373 e. The van der Waals surface area contributed by atoms with E-state index in [9.17, 15) is 18.0 Å². The Hall–Kier alpha value is -1.56. The molecule has 1 aliphatic heterocycles. The van der Waals surface area contributed by atoms with Crippen LogP contribution in [0.15, 0.2) is 30.3 Å². The van der Waals surface area contributed by atoms with E-state index in [0.29, 0.717) is 12.5 Å². The fourth-order valence-corrected chi connectivity index (χ4v) is 6.15. The highest BCUT2D eigenvalue weighted by atomic mass is 19.4. The lowest BCUT2D eigenvalue weighted by Gasteiger charge is -2.53. The summed E-state index contributed by atoms with van der Waals surface area (Å²) in [5.41, 5.74) is 0.720. The summed E-state index contributed by atoms with van der Waals surface area (Å²) in [6.07, 6.45) is -3.21. The summed E-state index contributed by atoms with van der Waals surface area (Å²) in [6, 6.07) is 9.79. The molecule has 2 aliphatic carbocycles. The van der Waals surface area contributed by atoms with E-state index in [-0.39, 0.29) is 28.9 Å². The zero-order valence-electron chi connectivity index (χ0n) is 15.7. The first kappa shape index (κ1) is 18.8. The highest BCUT2D eigenvalue weighted by Gasteiger charge is 2.68. The molecule has 3 nitrogen and oxygen atoms in total. The second-order valence-corrected chi connectivity index (χ2v) is 9.04. The summed E-state index contributed by atoms with van der Waals surface area (Å²) < 4.78 is 44.2. The number of amides is 1. The van der Waals surface area contributed by atoms with Crippen molar-refractivity contribution < 1.29 is 22.7 Å². The van der Waals surface area contributed by atoms with Crippen LogP contribution in [-0.4, -0.2) is 24.7 Å². The van der Waals surface area contributed by atoms with E-state index in [0.717, 1.165) is 24.8 Å². The fraction of sp³-hybridized carbons (Fsp3) is 0.667. The van der Waals surface area contributed by atoms with E-state index in [1.807, 2.05) is 18.2 Å². The average molecular weight is 381 g/mol. The van der Waals surface area contributed by atoms with Gasteiger partial charge in [-0.3, -0.25) is 4.79 Å². The number of benzene rings is 1. The molecule has 27 heavy (non-hydrogen) atoms. The molecule has 4 rings (SSSR count). The Morgan fingerprint density at radius 1 is 1.26 bits per heavy atom. The molecule has 5 atom stereocenters. The minimum absolute atomic E-state index is 0.0527. The standard InChI is InChI=1S/C21H26F3NO2/c1-19(2)14-10-15-17(13-6-4-3-5-7-13)27-9-8-20(15,11-14)18(19)25-16(26)12-21(22,23)24/h3-7,14-15,17-18H,8-12H2,1-2H3,(H,25,26)/t14-,15-,17-,18+,20?/m1/s1. The maximum Gasteiger partial charge on any atom is 0.397 e. The minimum atomic E-state index is -4.48. The van der Waals surface area contributed by atoms with Crippen molar-refractivity contribution >= 4 is 5.91 Å². The molecule has 2 bridgehead atoms. The molecule has 6 heteroatoms. The third-order valence-electron chi connectivity index (χ3n) is 7.30. The molecular formula is C21H26F3NO2. The number of fused-ring (bicyclic) bond motifs is 1. The fourth-order valence-electron chi connectivity index (χ4n) is 6.15. The van der Waals surface area contributed by atoms with E-state index in [1.165, 1.54) is 0 Å². The maximum absolute atomic E-state index is 12.7. The number of halogens is 3. The summed E-state index contributed by atoms with van der Waals surface area (Å²) in [4.78, 5) is 12.1. The van der Waals surface area contributed by atoms with Gasteiger partial charge >= 0.3 is 6.18 Å². The van der Waals surface area contributed by atoms with Crippen molar-refractivity contribution in [2.75, 3.05) is 6.61 Å². The van der Waals surface area contributed by atoms with Crippen LogP contribution >= 0.6 is 0 Å². The molecule has 1 saturated heterocycles. The van der Waals surface area contributed by atoms with Crippen LogP contribution in [0.3, 0.4) is 0 Å². The highest BCUT2D eigenvalue weighted by Crippen LogP contribution is 2.70. The second kappa shape index (κ2) is 6.23. The number of ether oxygens (including phenoxy) is 1. The van der Waals surface area contributed by atoms with Crippen molar-refractivity contribution in [2.45, 2.75) is 57.9 Å². The van der Waals surface area contributed by atoms with Crippen molar-refractivity contribution in [1.82, 2.24) is 5.32 Å². The molecule has 1 spiro atoms. The van der Waals surface area contributed by atoms with Crippen LogP contribution in [0.1, 0.15) is 51.2 Å². The Morgan fingerprint density at radius 3 is 2.63 bits per heavy atom. The highest BCUT2D eigenvalue weighted by molar-refractivity contribution is 5.77. The van der Waals surface area contributed by atoms with E-state index >= 15 is 0 Å². The molecule has 0 aromatic heterocycles. The van der Waals surface area contributed by atoms with Crippen LogP contribution < -0.4 is 5.32 Å². The number of hydrogen-bond acceptors (Lipinski definition) is 2. The van der Waals surface area contributed by atoms with Gasteiger partial charge in [-0.05, 0) is 47.5 Å². The first-order valence-electron chi connectivity index (χ1n) is 9.66. The van der Waals surface area contributed by atoms with E-state index in [1.54, 1.807) is 0 Å². The van der Waals surface area contributed by atoms with Crippen molar-refractivity contribution in [2.24, 2.45) is 22.7 Å². The molecule has 1 heterocycles. The van der Waals surface area contributed by atoms with Gasteiger partial charge in [0, 0.05) is 12.6 Å². The zero-order valence-corrected chi connectivity index (χ0v) is 15.7. The monoisotopic (exact) mass is 381 g/mol. The van der Waals surface area contributed by atoms with Gasteiger partial charge in [-0.15, -0.1) is 0 Å². The number of carbonyl (C=O) groups is 1. The molecule has 2 saturated carbocycles. The van der Waals surface area contributed by atoms with Crippen molar-refractivity contribution in [3.05, 3.63) is 35.9 Å². The number of nitrogens with one attached hydrogen (secondary N) is 1. The van der Waals surface area contributed by atoms with E-state index < -0.39 is 18.5 Å². The molecule has 1 amide bonds. The van der Waals surface area contributed by atoms with Crippen molar-refractivity contribution in [1.29, 1.82) is 0 Å². The van der Waals surface area contributed by atoms with Crippen LogP contribution in [0.25, 0.3) is 0 Å². The number of carbonyl (C=O) groups excluding carboxylic acids is 1. The third-order valence-corrected chi connectivity index (χ3v) is 7.30. The van der Waals surface area contributed by atoms with Gasteiger partial charge in [0.05, 0.1) is 6.10 Å². The van der Waals surface area contributed by atoms with E-state index in [2.05, 4.69) is 31.3 Å². The maximum atomic E-state index is 12.7. The van der Waals surface area contributed by atoms with Gasteiger partial charge in [0.2, 0.25) is 5.91 Å². The summed E-state index contributed by atoms with van der Waals surface area (Å²) in [7, 11) is 0. The molecule has 148 valence electrons. The second-order valence-electron chi connectivity index (χ2n) is 9.04. The van der Waals surface area contributed by atoms with Gasteiger partial charge in [-0.1, -0.05) is 44.2 Å². The molecule has 1 N–H and O–H groups in total. The normalized spacial score (nSPS) is 37.1. The predicted octanol–water partition coefficient (Wildman–Crippen LogP) is 4.64. The topological polar surface area (TPSA) is 38.3 Å². The number of rotatable bonds is 3. The summed E-state index contributed by atoms with van der Waals surface area (Å²) >= 11 is 0. The molecule has 1 unspecified atom stereocenters. The number of alkyl halides is 3. The van der Waals surface area contributed by atoms with Crippen molar-refractivity contribution in [3.8, 4) is 0 Å². The molecule has 1 aromatic carbocycles. The van der Waals surface area contributed by atoms with Crippen LogP contribution in [0.2, 0.25) is 0 Å². The van der Waals surface area contributed by atoms with Gasteiger partial charge in [0.15, 0.2) is 0 Å².